The minimum atomic E-state index is -0.329. The van der Waals surface area contributed by atoms with Crippen molar-refractivity contribution in [2.45, 2.75) is 26.7 Å². The number of carbonyl (C=O) groups is 2. The normalized spacial score (nSPS) is 10.7. The van der Waals surface area contributed by atoms with Gasteiger partial charge in [0.25, 0.3) is 5.91 Å². The van der Waals surface area contributed by atoms with Crippen molar-refractivity contribution < 1.29 is 19.1 Å². The summed E-state index contributed by atoms with van der Waals surface area (Å²) in [7, 11) is 1.35. The Morgan fingerprint density at radius 2 is 1.69 bits per heavy atom. The predicted octanol–water partition coefficient (Wildman–Crippen LogP) is 2.84. The fourth-order valence-electron chi connectivity index (χ4n) is 2.48. The summed E-state index contributed by atoms with van der Waals surface area (Å²) in [5, 5.41) is 0.611. The number of methoxy groups -OCH3 is 1. The van der Waals surface area contributed by atoms with E-state index < -0.39 is 0 Å². The van der Waals surface area contributed by atoms with E-state index in [1.165, 1.54) is 7.11 Å². The van der Waals surface area contributed by atoms with Crippen molar-refractivity contribution in [1.82, 2.24) is 9.80 Å². The number of hydrogen-bond acceptors (Lipinski definition) is 5. The third kappa shape index (κ3) is 8.54. The molecule has 0 saturated heterocycles. The van der Waals surface area contributed by atoms with Gasteiger partial charge in [-0.25, -0.2) is 0 Å². The molecule has 0 spiro atoms. The third-order valence-electron chi connectivity index (χ3n) is 4.14. The van der Waals surface area contributed by atoms with Crippen molar-refractivity contribution in [2.24, 2.45) is 0 Å². The summed E-state index contributed by atoms with van der Waals surface area (Å²) in [5.41, 5.74) is 0. The average molecular weight is 385 g/mol. The van der Waals surface area contributed by atoms with Crippen LogP contribution in [0.2, 0.25) is 5.02 Å². The number of esters is 1. The summed E-state index contributed by atoms with van der Waals surface area (Å²) >= 11 is 5.84. The van der Waals surface area contributed by atoms with Gasteiger partial charge in [-0.1, -0.05) is 25.4 Å². The van der Waals surface area contributed by atoms with Crippen LogP contribution in [0.25, 0.3) is 0 Å². The number of rotatable bonds is 12. The molecule has 0 aromatic heterocycles. The zero-order chi connectivity index (χ0) is 19.4. The first-order valence-electron chi connectivity index (χ1n) is 8.95. The molecule has 0 aliphatic carbocycles. The Bertz CT molecular complexity index is 547. The van der Waals surface area contributed by atoms with E-state index in [1.54, 1.807) is 29.2 Å². The summed E-state index contributed by atoms with van der Waals surface area (Å²) in [4.78, 5) is 27.9. The van der Waals surface area contributed by atoms with Gasteiger partial charge in [0.2, 0.25) is 0 Å². The molecule has 26 heavy (non-hydrogen) atoms. The van der Waals surface area contributed by atoms with Gasteiger partial charge in [-0.15, -0.1) is 0 Å². The van der Waals surface area contributed by atoms with Crippen LogP contribution in [0.15, 0.2) is 24.3 Å². The van der Waals surface area contributed by atoms with Crippen LogP contribution in [-0.4, -0.2) is 68.1 Å². The quantitative estimate of drug-likeness (QED) is 0.518. The Balaban J connectivity index is 2.55. The lowest BCUT2D eigenvalue weighted by molar-refractivity contribution is -0.142. The highest BCUT2D eigenvalue weighted by molar-refractivity contribution is 6.30. The molecule has 0 atom stereocenters. The highest BCUT2D eigenvalue weighted by Gasteiger charge is 2.16. The minimum Gasteiger partial charge on any atom is -0.484 e. The number of ether oxygens (including phenoxy) is 2. The second kappa shape index (κ2) is 12.5. The second-order valence-corrected chi connectivity index (χ2v) is 6.27. The SMILES string of the molecule is CCN(CC)CCCN(CCC(=O)OC)C(=O)COc1ccc(Cl)cc1. The summed E-state index contributed by atoms with van der Waals surface area (Å²) < 4.78 is 10.2. The Morgan fingerprint density at radius 1 is 1.04 bits per heavy atom. The van der Waals surface area contributed by atoms with Gasteiger partial charge in [0, 0.05) is 18.1 Å². The van der Waals surface area contributed by atoms with Gasteiger partial charge >= 0.3 is 5.97 Å². The van der Waals surface area contributed by atoms with E-state index >= 15 is 0 Å². The Hall–Kier alpha value is -1.79. The lowest BCUT2D eigenvalue weighted by atomic mass is 10.3. The van der Waals surface area contributed by atoms with Crippen molar-refractivity contribution in [3.63, 3.8) is 0 Å². The maximum atomic E-state index is 12.5. The number of benzene rings is 1. The van der Waals surface area contributed by atoms with Crippen molar-refractivity contribution >= 4 is 23.5 Å². The second-order valence-electron chi connectivity index (χ2n) is 5.83. The minimum absolute atomic E-state index is 0.0753. The van der Waals surface area contributed by atoms with E-state index in [0.717, 1.165) is 26.1 Å². The van der Waals surface area contributed by atoms with Crippen LogP contribution in [0.4, 0.5) is 0 Å². The van der Waals surface area contributed by atoms with Crippen LogP contribution in [-0.2, 0) is 14.3 Å². The molecule has 1 rings (SSSR count). The van der Waals surface area contributed by atoms with Crippen LogP contribution in [0.5, 0.6) is 5.75 Å². The van der Waals surface area contributed by atoms with Gasteiger partial charge in [0.05, 0.1) is 13.5 Å². The Labute approximate surface area is 161 Å². The summed E-state index contributed by atoms with van der Waals surface area (Å²) in [6, 6.07) is 6.85. The molecule has 1 amide bonds. The predicted molar refractivity (Wildman–Crippen MR) is 103 cm³/mol. The Kier molecular flexibility index (Phi) is 10.7. The van der Waals surface area contributed by atoms with Crippen molar-refractivity contribution in [1.29, 1.82) is 0 Å². The third-order valence-corrected chi connectivity index (χ3v) is 4.39. The average Bonchev–Trinajstić information content (AvgIpc) is 2.66. The first-order valence-corrected chi connectivity index (χ1v) is 9.33. The number of nitrogens with zero attached hydrogens (tertiary/aromatic N) is 2. The molecule has 146 valence electrons. The lowest BCUT2D eigenvalue weighted by Crippen LogP contribution is -2.38. The number of halogens is 1. The van der Waals surface area contributed by atoms with Crippen LogP contribution >= 0.6 is 11.6 Å². The summed E-state index contributed by atoms with van der Waals surface area (Å²) in [6.07, 6.45) is 1.02. The molecule has 0 fully saturated rings. The fraction of sp³-hybridized carbons (Fsp3) is 0.579. The van der Waals surface area contributed by atoms with E-state index in [1.807, 2.05) is 0 Å². The maximum Gasteiger partial charge on any atom is 0.307 e. The van der Waals surface area contributed by atoms with E-state index in [4.69, 9.17) is 16.3 Å². The highest BCUT2D eigenvalue weighted by atomic mass is 35.5. The molecule has 1 aromatic carbocycles. The molecule has 0 aliphatic heterocycles. The first kappa shape index (κ1) is 22.3. The van der Waals surface area contributed by atoms with Crippen LogP contribution in [0.1, 0.15) is 26.7 Å². The molecule has 6 nitrogen and oxygen atoms in total. The molecular weight excluding hydrogens is 356 g/mol. The van der Waals surface area contributed by atoms with Gasteiger partial charge in [0.15, 0.2) is 6.61 Å². The molecule has 0 unspecified atom stereocenters. The molecule has 0 N–H and O–H groups in total. The lowest BCUT2D eigenvalue weighted by Gasteiger charge is -2.24. The zero-order valence-corrected chi connectivity index (χ0v) is 16.6. The van der Waals surface area contributed by atoms with Gasteiger partial charge < -0.3 is 19.3 Å². The smallest absolute Gasteiger partial charge is 0.307 e. The van der Waals surface area contributed by atoms with E-state index in [0.29, 0.717) is 23.9 Å². The van der Waals surface area contributed by atoms with Crippen molar-refractivity contribution in [2.75, 3.05) is 46.4 Å². The topological polar surface area (TPSA) is 59.1 Å². The molecule has 0 bridgehead atoms. The Morgan fingerprint density at radius 3 is 2.27 bits per heavy atom. The molecule has 7 heteroatoms. The van der Waals surface area contributed by atoms with Gasteiger partial charge in [-0.2, -0.15) is 0 Å². The number of amides is 1. The molecule has 1 aromatic rings. The van der Waals surface area contributed by atoms with Crippen molar-refractivity contribution in [3.8, 4) is 5.75 Å². The fourth-order valence-corrected chi connectivity index (χ4v) is 2.61. The number of carbonyl (C=O) groups excluding carboxylic acids is 2. The largest absolute Gasteiger partial charge is 0.484 e. The van der Waals surface area contributed by atoms with Gasteiger partial charge in [-0.3, -0.25) is 9.59 Å². The van der Waals surface area contributed by atoms with Crippen LogP contribution in [0.3, 0.4) is 0 Å². The van der Waals surface area contributed by atoms with Crippen molar-refractivity contribution in [3.05, 3.63) is 29.3 Å². The number of hydrogen-bond donors (Lipinski definition) is 0. The monoisotopic (exact) mass is 384 g/mol. The van der Waals surface area contributed by atoms with E-state index in [9.17, 15) is 9.59 Å². The van der Waals surface area contributed by atoms with Crippen LogP contribution < -0.4 is 4.74 Å². The first-order chi connectivity index (χ1) is 12.5. The van der Waals surface area contributed by atoms with E-state index in [-0.39, 0.29) is 24.9 Å². The molecule has 0 heterocycles. The molecule has 0 aliphatic rings. The highest BCUT2D eigenvalue weighted by Crippen LogP contribution is 2.15. The van der Waals surface area contributed by atoms with Gasteiger partial charge in [0.1, 0.15) is 5.75 Å². The molecule has 0 saturated carbocycles. The molecular formula is C19H29ClN2O4. The maximum absolute atomic E-state index is 12.5. The van der Waals surface area contributed by atoms with E-state index in [2.05, 4.69) is 23.5 Å². The summed E-state index contributed by atoms with van der Waals surface area (Å²) in [6.45, 7) is 7.93. The molecule has 0 radical (unpaired) electrons. The standard InChI is InChI=1S/C19H29ClN2O4/c1-4-21(5-2)12-6-13-22(14-11-19(24)25-3)18(23)15-26-17-9-7-16(20)8-10-17/h7-10H,4-6,11-15H2,1-3H3. The van der Waals surface area contributed by atoms with Crippen LogP contribution in [0, 0.1) is 0 Å². The van der Waals surface area contributed by atoms with Gasteiger partial charge in [-0.05, 0) is 50.3 Å². The zero-order valence-electron chi connectivity index (χ0n) is 15.9. The summed E-state index contributed by atoms with van der Waals surface area (Å²) in [5.74, 6) is 0.104.